The Kier molecular flexibility index (Phi) is 2.22. The lowest BCUT2D eigenvalue weighted by Crippen LogP contribution is -2.27. The zero-order valence-electron chi connectivity index (χ0n) is 8.09. The molecule has 0 aromatic rings. The van der Waals surface area contributed by atoms with Crippen molar-refractivity contribution in [3.05, 3.63) is 12.2 Å². The van der Waals surface area contributed by atoms with E-state index in [1.165, 1.54) is 0 Å². The van der Waals surface area contributed by atoms with Crippen LogP contribution in [0.4, 0.5) is 0 Å². The molecule has 0 saturated carbocycles. The summed E-state index contributed by atoms with van der Waals surface area (Å²) in [5, 5.41) is 0. The summed E-state index contributed by atoms with van der Waals surface area (Å²) in [5.41, 5.74) is 0. The maximum atomic E-state index is 11.9. The first-order valence-electron chi connectivity index (χ1n) is 5.03. The third-order valence-corrected chi connectivity index (χ3v) is 4.12. The Hall–Kier alpha value is -0.590. The Balaban J connectivity index is 1.72. The van der Waals surface area contributed by atoms with E-state index in [1.54, 1.807) is 0 Å². The van der Waals surface area contributed by atoms with Gasteiger partial charge in [0.1, 0.15) is 0 Å². The maximum Gasteiger partial charge on any atom is 0.475 e. The van der Waals surface area contributed by atoms with E-state index in [0.717, 1.165) is 12.8 Å². The molecule has 2 bridgehead atoms. The molecule has 3 atom stereocenters. The molecule has 1 fully saturated rings. The van der Waals surface area contributed by atoms with Gasteiger partial charge in [-0.15, -0.1) is 0 Å². The summed E-state index contributed by atoms with van der Waals surface area (Å²) in [6.07, 6.45) is 5.00. The van der Waals surface area contributed by atoms with Crippen molar-refractivity contribution in [1.82, 2.24) is 0 Å². The second-order valence-corrected chi connectivity index (χ2v) is 5.43. The fourth-order valence-corrected chi connectivity index (χ4v) is 3.28. The summed E-state index contributed by atoms with van der Waals surface area (Å²) in [5.74, 6) is 6.18. The van der Waals surface area contributed by atoms with Crippen molar-refractivity contribution in [3.63, 3.8) is 0 Å². The van der Waals surface area contributed by atoms with E-state index in [1.807, 2.05) is 12.2 Å². The van der Waals surface area contributed by atoms with Gasteiger partial charge in [0.25, 0.3) is 0 Å². The highest BCUT2D eigenvalue weighted by Crippen LogP contribution is 2.57. The van der Waals surface area contributed by atoms with Gasteiger partial charge in [0.2, 0.25) is 0 Å². The van der Waals surface area contributed by atoms with Crippen LogP contribution >= 0.6 is 7.82 Å². The Morgan fingerprint density at radius 2 is 2.27 bits per heavy atom. The SMILES string of the molecule is O=P12OCC=CC(CC(CC3C#C3)O1)O2. The van der Waals surface area contributed by atoms with Crippen LogP contribution in [0.3, 0.4) is 0 Å². The first kappa shape index (κ1) is 9.62. The average molecular weight is 226 g/mol. The van der Waals surface area contributed by atoms with E-state index in [-0.39, 0.29) is 18.1 Å². The Morgan fingerprint density at radius 1 is 1.40 bits per heavy atom. The van der Waals surface area contributed by atoms with Crippen LogP contribution in [0.25, 0.3) is 0 Å². The minimum absolute atomic E-state index is 0.0789. The first-order valence-corrected chi connectivity index (χ1v) is 6.49. The van der Waals surface area contributed by atoms with E-state index < -0.39 is 7.82 Å². The van der Waals surface area contributed by atoms with Crippen LogP contribution in [0.1, 0.15) is 12.8 Å². The smallest absolute Gasteiger partial charge is 0.283 e. The molecule has 0 amide bonds. The molecule has 3 rings (SSSR count). The summed E-state index contributed by atoms with van der Waals surface area (Å²) in [4.78, 5) is 0. The van der Waals surface area contributed by atoms with Crippen LogP contribution in [0.15, 0.2) is 12.2 Å². The van der Waals surface area contributed by atoms with Gasteiger partial charge in [-0.2, -0.15) is 0 Å². The third kappa shape index (κ3) is 2.16. The Labute approximate surface area is 88.2 Å². The minimum Gasteiger partial charge on any atom is -0.283 e. The van der Waals surface area contributed by atoms with Gasteiger partial charge >= 0.3 is 7.82 Å². The van der Waals surface area contributed by atoms with E-state index in [0.29, 0.717) is 6.61 Å². The molecule has 0 N–H and O–H groups in total. The van der Waals surface area contributed by atoms with Crippen molar-refractivity contribution in [2.75, 3.05) is 6.61 Å². The Bertz CT molecular complexity index is 397. The lowest BCUT2D eigenvalue weighted by molar-refractivity contribution is 0.00892. The fourth-order valence-electron chi connectivity index (χ4n) is 1.81. The van der Waals surface area contributed by atoms with Crippen LogP contribution in [0, 0.1) is 17.8 Å². The van der Waals surface area contributed by atoms with Crippen LogP contribution < -0.4 is 0 Å². The molecule has 0 aromatic carbocycles. The number of hydrogen-bond acceptors (Lipinski definition) is 4. The van der Waals surface area contributed by atoms with Gasteiger partial charge in [-0.1, -0.05) is 24.0 Å². The predicted octanol–water partition coefficient (Wildman–Crippen LogP) is 1.88. The van der Waals surface area contributed by atoms with Crippen molar-refractivity contribution in [2.45, 2.75) is 25.0 Å². The van der Waals surface area contributed by atoms with Gasteiger partial charge in [-0.3, -0.25) is 13.6 Å². The van der Waals surface area contributed by atoms with Crippen molar-refractivity contribution in [1.29, 1.82) is 0 Å². The topological polar surface area (TPSA) is 44.8 Å². The van der Waals surface area contributed by atoms with E-state index in [4.69, 9.17) is 13.6 Å². The van der Waals surface area contributed by atoms with Gasteiger partial charge in [0, 0.05) is 6.42 Å². The molecule has 4 nitrogen and oxygen atoms in total. The highest BCUT2D eigenvalue weighted by Gasteiger charge is 2.41. The van der Waals surface area contributed by atoms with Crippen molar-refractivity contribution >= 4 is 7.82 Å². The molecule has 15 heavy (non-hydrogen) atoms. The van der Waals surface area contributed by atoms with Crippen molar-refractivity contribution < 1.29 is 18.1 Å². The number of rotatable bonds is 2. The van der Waals surface area contributed by atoms with Crippen molar-refractivity contribution in [3.8, 4) is 11.8 Å². The van der Waals surface area contributed by atoms with Crippen LogP contribution in [0.2, 0.25) is 0 Å². The molecule has 3 aliphatic rings. The molecule has 2 heterocycles. The van der Waals surface area contributed by atoms with Gasteiger partial charge in [-0.25, -0.2) is 4.57 Å². The summed E-state index contributed by atoms with van der Waals surface area (Å²) >= 11 is 0. The third-order valence-electron chi connectivity index (χ3n) is 2.56. The van der Waals surface area contributed by atoms with Crippen LogP contribution in [0.5, 0.6) is 0 Å². The highest BCUT2D eigenvalue weighted by molar-refractivity contribution is 7.48. The van der Waals surface area contributed by atoms with E-state index in [2.05, 4.69) is 11.8 Å². The Morgan fingerprint density at radius 3 is 3.07 bits per heavy atom. The fraction of sp³-hybridized carbons (Fsp3) is 0.600. The molecule has 0 aromatic heterocycles. The molecule has 1 aliphatic carbocycles. The first-order chi connectivity index (χ1) is 7.23. The van der Waals surface area contributed by atoms with E-state index >= 15 is 0 Å². The zero-order valence-corrected chi connectivity index (χ0v) is 8.98. The molecule has 1 saturated heterocycles. The molecular weight excluding hydrogens is 215 g/mol. The summed E-state index contributed by atoms with van der Waals surface area (Å²) < 4.78 is 27.6. The average Bonchev–Trinajstić information content (AvgIpc) is 2.95. The molecule has 2 aliphatic heterocycles. The number of fused-ring (bicyclic) bond motifs is 2. The standard InChI is InChI=1S/C10H11O4P/c11-15-12-5-1-2-9(13-15)7-10(14-15)6-8-3-4-8/h1-2,8-10H,5-7H2. The number of phosphoric acid groups is 1. The second-order valence-electron chi connectivity index (χ2n) is 3.86. The largest absolute Gasteiger partial charge is 0.475 e. The number of hydrogen-bond donors (Lipinski definition) is 0. The molecular formula is C10H11O4P. The molecule has 0 spiro atoms. The zero-order chi connectivity index (χ0) is 10.3. The molecule has 3 unspecified atom stereocenters. The van der Waals surface area contributed by atoms with Gasteiger partial charge in [0.05, 0.1) is 24.7 Å². The maximum absolute atomic E-state index is 11.9. The van der Waals surface area contributed by atoms with E-state index in [9.17, 15) is 4.57 Å². The molecule has 5 heteroatoms. The second kappa shape index (κ2) is 3.47. The summed E-state index contributed by atoms with van der Waals surface area (Å²) in [7, 11) is -3.31. The highest BCUT2D eigenvalue weighted by atomic mass is 31.2. The minimum atomic E-state index is -3.31. The lowest BCUT2D eigenvalue weighted by atomic mass is 10.0. The molecule has 80 valence electrons. The lowest BCUT2D eigenvalue weighted by Gasteiger charge is -2.31. The van der Waals surface area contributed by atoms with Crippen molar-refractivity contribution in [2.24, 2.45) is 5.92 Å². The van der Waals surface area contributed by atoms with Gasteiger partial charge in [-0.05, 0) is 6.42 Å². The monoisotopic (exact) mass is 226 g/mol. The van der Waals surface area contributed by atoms with Gasteiger partial charge in [0.15, 0.2) is 0 Å². The number of phosphoric ester groups is 1. The van der Waals surface area contributed by atoms with Crippen LogP contribution in [-0.4, -0.2) is 18.8 Å². The quantitative estimate of drug-likeness (QED) is 0.409. The molecule has 0 radical (unpaired) electrons. The predicted molar refractivity (Wildman–Crippen MR) is 52.9 cm³/mol. The summed E-state index contributed by atoms with van der Waals surface area (Å²) in [6.45, 7) is 0.292. The summed E-state index contributed by atoms with van der Waals surface area (Å²) in [6, 6.07) is 0. The van der Waals surface area contributed by atoms with Gasteiger partial charge < -0.3 is 0 Å². The van der Waals surface area contributed by atoms with Crippen LogP contribution in [-0.2, 0) is 18.1 Å². The normalized spacial score (nSPS) is 42.9.